The molecule has 0 saturated carbocycles. The van der Waals surface area contributed by atoms with Crippen molar-refractivity contribution in [3.8, 4) is 0 Å². The van der Waals surface area contributed by atoms with Gasteiger partial charge in [-0.15, -0.1) is 0 Å². The van der Waals surface area contributed by atoms with Crippen molar-refractivity contribution in [3.05, 3.63) is 17.7 Å². The largest absolute Gasteiger partial charge is 0.480 e. The molecule has 2 aliphatic heterocycles. The van der Waals surface area contributed by atoms with Crippen molar-refractivity contribution in [1.82, 2.24) is 14.5 Å². The van der Waals surface area contributed by atoms with E-state index in [9.17, 15) is 9.90 Å². The molecule has 21 heavy (non-hydrogen) atoms. The third kappa shape index (κ3) is 2.59. The van der Waals surface area contributed by atoms with Gasteiger partial charge in [-0.1, -0.05) is 6.42 Å². The quantitative estimate of drug-likeness (QED) is 0.930. The van der Waals surface area contributed by atoms with Crippen LogP contribution in [0.1, 0.15) is 69.6 Å². The number of aryl methyl sites for hydroxylation is 1. The first kappa shape index (κ1) is 14.6. The van der Waals surface area contributed by atoms with E-state index in [-0.39, 0.29) is 6.04 Å². The molecule has 3 heterocycles. The van der Waals surface area contributed by atoms with Gasteiger partial charge in [-0.05, 0) is 52.5 Å². The Morgan fingerprint density at radius 3 is 2.86 bits per heavy atom. The van der Waals surface area contributed by atoms with Crippen molar-refractivity contribution >= 4 is 5.97 Å². The first-order valence-corrected chi connectivity index (χ1v) is 8.14. The number of hydrogen-bond donors (Lipinski definition) is 1. The number of carboxylic acids is 1. The van der Waals surface area contributed by atoms with E-state index < -0.39 is 12.0 Å². The standard InChI is InChI=1S/C16H25N3O2/c1-11(2)18-9-4-3-7-13(18)15-17-10-12-6-5-8-14(16(20)21)19(12)15/h10-11,13-14H,3-9H2,1-2H3,(H,20,21). The molecule has 5 heteroatoms. The number of imidazole rings is 1. The van der Waals surface area contributed by atoms with Gasteiger partial charge >= 0.3 is 5.97 Å². The van der Waals surface area contributed by atoms with Gasteiger partial charge in [0.25, 0.3) is 0 Å². The van der Waals surface area contributed by atoms with Crippen LogP contribution in [-0.2, 0) is 11.2 Å². The second-order valence-electron chi connectivity index (χ2n) is 6.57. The molecule has 1 aromatic rings. The van der Waals surface area contributed by atoms with E-state index in [0.29, 0.717) is 6.04 Å². The Balaban J connectivity index is 1.99. The van der Waals surface area contributed by atoms with Crippen molar-refractivity contribution in [2.75, 3.05) is 6.54 Å². The molecule has 2 aliphatic rings. The first-order chi connectivity index (χ1) is 10.1. The molecular weight excluding hydrogens is 266 g/mol. The van der Waals surface area contributed by atoms with Crippen molar-refractivity contribution < 1.29 is 9.90 Å². The number of carbonyl (C=O) groups is 1. The predicted molar refractivity (Wildman–Crippen MR) is 80.3 cm³/mol. The lowest BCUT2D eigenvalue weighted by Crippen LogP contribution is -2.40. The van der Waals surface area contributed by atoms with E-state index in [1.54, 1.807) is 0 Å². The summed E-state index contributed by atoms with van der Waals surface area (Å²) in [6.07, 6.45) is 8.03. The summed E-state index contributed by atoms with van der Waals surface area (Å²) in [5.41, 5.74) is 1.10. The molecule has 1 aromatic heterocycles. The van der Waals surface area contributed by atoms with Crippen LogP contribution in [0.2, 0.25) is 0 Å². The van der Waals surface area contributed by atoms with Crippen LogP contribution in [0.3, 0.4) is 0 Å². The van der Waals surface area contributed by atoms with Gasteiger partial charge in [0.2, 0.25) is 0 Å². The Bertz CT molecular complexity index is 524. The van der Waals surface area contributed by atoms with Gasteiger partial charge in [0, 0.05) is 17.9 Å². The van der Waals surface area contributed by atoms with Gasteiger partial charge in [-0.2, -0.15) is 0 Å². The number of piperidine rings is 1. The lowest BCUT2D eigenvalue weighted by molar-refractivity contribution is -0.141. The third-order valence-electron chi connectivity index (χ3n) is 4.91. The highest BCUT2D eigenvalue weighted by atomic mass is 16.4. The molecule has 1 N–H and O–H groups in total. The van der Waals surface area contributed by atoms with Crippen molar-refractivity contribution in [3.63, 3.8) is 0 Å². The van der Waals surface area contributed by atoms with Crippen LogP contribution in [0.25, 0.3) is 0 Å². The van der Waals surface area contributed by atoms with Gasteiger partial charge in [0.1, 0.15) is 11.9 Å². The fourth-order valence-corrected chi connectivity index (χ4v) is 3.89. The average Bonchev–Trinajstić information content (AvgIpc) is 2.90. The van der Waals surface area contributed by atoms with Gasteiger partial charge in [0.05, 0.1) is 6.04 Å². The monoisotopic (exact) mass is 291 g/mol. The Hall–Kier alpha value is -1.36. The fourth-order valence-electron chi connectivity index (χ4n) is 3.89. The number of nitrogens with zero attached hydrogens (tertiary/aromatic N) is 3. The maximum Gasteiger partial charge on any atom is 0.326 e. The number of carboxylic acid groups (broad SMARTS) is 1. The average molecular weight is 291 g/mol. The van der Waals surface area contributed by atoms with Gasteiger partial charge in [-0.25, -0.2) is 9.78 Å². The van der Waals surface area contributed by atoms with E-state index >= 15 is 0 Å². The highest BCUT2D eigenvalue weighted by molar-refractivity contribution is 5.72. The van der Waals surface area contributed by atoms with Crippen LogP contribution in [-0.4, -0.2) is 38.1 Å². The van der Waals surface area contributed by atoms with Crippen molar-refractivity contribution in [1.29, 1.82) is 0 Å². The second-order valence-corrected chi connectivity index (χ2v) is 6.57. The first-order valence-electron chi connectivity index (χ1n) is 8.14. The number of aromatic nitrogens is 2. The molecule has 0 aliphatic carbocycles. The molecule has 0 amide bonds. The Morgan fingerprint density at radius 2 is 2.14 bits per heavy atom. The number of aliphatic carboxylic acids is 1. The number of rotatable bonds is 3. The summed E-state index contributed by atoms with van der Waals surface area (Å²) in [4.78, 5) is 18.7. The summed E-state index contributed by atoms with van der Waals surface area (Å²) in [6, 6.07) is 0.310. The minimum absolute atomic E-state index is 0.271. The molecule has 1 fully saturated rings. The summed E-state index contributed by atoms with van der Waals surface area (Å²) in [7, 11) is 0. The topological polar surface area (TPSA) is 58.4 Å². The van der Waals surface area contributed by atoms with Crippen molar-refractivity contribution in [2.45, 2.75) is 70.5 Å². The minimum Gasteiger partial charge on any atom is -0.480 e. The van der Waals surface area contributed by atoms with Crippen LogP contribution in [0, 0.1) is 0 Å². The summed E-state index contributed by atoms with van der Waals surface area (Å²) >= 11 is 0. The molecule has 116 valence electrons. The molecule has 0 spiro atoms. The minimum atomic E-state index is -0.720. The third-order valence-corrected chi connectivity index (χ3v) is 4.91. The maximum absolute atomic E-state index is 11.6. The van der Waals surface area contributed by atoms with E-state index in [2.05, 4.69) is 23.7 Å². The van der Waals surface area contributed by atoms with Crippen LogP contribution in [0.5, 0.6) is 0 Å². The fraction of sp³-hybridized carbons (Fsp3) is 0.750. The molecule has 0 bridgehead atoms. The number of fused-ring (bicyclic) bond motifs is 1. The molecule has 0 aromatic carbocycles. The molecule has 2 unspecified atom stereocenters. The summed E-state index contributed by atoms with van der Waals surface area (Å²) in [6.45, 7) is 5.52. The van der Waals surface area contributed by atoms with E-state index in [1.807, 2.05) is 10.8 Å². The zero-order valence-corrected chi connectivity index (χ0v) is 13.0. The zero-order chi connectivity index (χ0) is 15.0. The Morgan fingerprint density at radius 1 is 1.33 bits per heavy atom. The predicted octanol–water partition coefficient (Wildman–Crippen LogP) is 2.78. The number of hydrogen-bond acceptors (Lipinski definition) is 3. The van der Waals surface area contributed by atoms with E-state index in [0.717, 1.165) is 43.7 Å². The summed E-state index contributed by atoms with van der Waals surface area (Å²) < 4.78 is 2.02. The lowest BCUT2D eigenvalue weighted by atomic mass is 9.97. The van der Waals surface area contributed by atoms with E-state index in [4.69, 9.17) is 0 Å². The molecule has 3 rings (SSSR count). The zero-order valence-electron chi connectivity index (χ0n) is 13.0. The van der Waals surface area contributed by atoms with Crippen LogP contribution in [0.15, 0.2) is 6.20 Å². The normalized spacial score (nSPS) is 26.8. The van der Waals surface area contributed by atoms with Gasteiger partial charge in [0.15, 0.2) is 0 Å². The molecule has 0 radical (unpaired) electrons. The second kappa shape index (κ2) is 5.79. The van der Waals surface area contributed by atoms with Gasteiger partial charge < -0.3 is 9.67 Å². The molecular formula is C16H25N3O2. The maximum atomic E-state index is 11.6. The smallest absolute Gasteiger partial charge is 0.326 e. The Labute approximate surface area is 126 Å². The van der Waals surface area contributed by atoms with Crippen molar-refractivity contribution in [2.24, 2.45) is 0 Å². The van der Waals surface area contributed by atoms with Crippen LogP contribution in [0.4, 0.5) is 0 Å². The van der Waals surface area contributed by atoms with E-state index in [1.165, 1.54) is 12.8 Å². The van der Waals surface area contributed by atoms with Crippen LogP contribution >= 0.6 is 0 Å². The van der Waals surface area contributed by atoms with Crippen LogP contribution < -0.4 is 0 Å². The summed E-state index contributed by atoms with van der Waals surface area (Å²) in [5.74, 6) is 0.257. The molecule has 2 atom stereocenters. The molecule has 5 nitrogen and oxygen atoms in total. The highest BCUT2D eigenvalue weighted by Crippen LogP contribution is 2.36. The summed E-state index contributed by atoms with van der Waals surface area (Å²) in [5, 5.41) is 9.54. The molecule has 1 saturated heterocycles. The van der Waals surface area contributed by atoms with Gasteiger partial charge in [-0.3, -0.25) is 4.90 Å². The SMILES string of the molecule is CC(C)N1CCCCC1c1ncc2n1C(C(=O)O)CCC2. The lowest BCUT2D eigenvalue weighted by Gasteiger charge is -2.39. The highest BCUT2D eigenvalue weighted by Gasteiger charge is 2.35. The Kier molecular flexibility index (Phi) is 4.02. The number of likely N-dealkylation sites (tertiary alicyclic amines) is 1.